The molecule has 1 aromatic heterocycles. The molecule has 0 saturated heterocycles. The highest BCUT2D eigenvalue weighted by atomic mass is 16.6. The van der Waals surface area contributed by atoms with Crippen LogP contribution in [0, 0.1) is 0 Å². The van der Waals surface area contributed by atoms with Crippen molar-refractivity contribution in [2.24, 2.45) is 0 Å². The van der Waals surface area contributed by atoms with Crippen LogP contribution in [0.4, 0.5) is 0 Å². The van der Waals surface area contributed by atoms with Crippen molar-refractivity contribution in [3.8, 4) is 17.2 Å². The molecule has 0 radical (unpaired) electrons. The van der Waals surface area contributed by atoms with E-state index in [2.05, 4.69) is 6.92 Å². The summed E-state index contributed by atoms with van der Waals surface area (Å²) in [6, 6.07) is 13.6. The third-order valence-electron chi connectivity index (χ3n) is 5.47. The summed E-state index contributed by atoms with van der Waals surface area (Å²) in [6.07, 6.45) is 9.84. The van der Waals surface area contributed by atoms with Gasteiger partial charge in [0.2, 0.25) is 0 Å². The third-order valence-corrected chi connectivity index (χ3v) is 5.47. The van der Waals surface area contributed by atoms with Crippen LogP contribution in [0.1, 0.15) is 68.6 Å². The molecule has 1 heterocycles. The number of hydrogen-bond donors (Lipinski definition) is 0. The summed E-state index contributed by atoms with van der Waals surface area (Å²) < 4.78 is 22.0. The summed E-state index contributed by atoms with van der Waals surface area (Å²) >= 11 is 0. The molecular weight excluding hydrogens is 420 g/mol. The Morgan fingerprint density at radius 2 is 1.58 bits per heavy atom. The van der Waals surface area contributed by atoms with Gasteiger partial charge < -0.3 is 18.6 Å². The highest BCUT2D eigenvalue weighted by Crippen LogP contribution is 2.34. The van der Waals surface area contributed by atoms with Crippen molar-refractivity contribution >= 4 is 16.9 Å². The molecule has 6 nitrogen and oxygen atoms in total. The molecule has 0 saturated carbocycles. The van der Waals surface area contributed by atoms with E-state index in [9.17, 15) is 9.59 Å². The number of carbonyl (C=O) groups is 1. The van der Waals surface area contributed by atoms with Gasteiger partial charge in [-0.25, -0.2) is 9.59 Å². The smallest absolute Gasteiger partial charge is 0.383 e. The molecule has 3 aromatic rings. The second-order valence-corrected chi connectivity index (χ2v) is 7.99. The first kappa shape index (κ1) is 24.4. The Morgan fingerprint density at radius 1 is 0.879 bits per heavy atom. The second-order valence-electron chi connectivity index (χ2n) is 7.99. The van der Waals surface area contributed by atoms with Gasteiger partial charge in [0.05, 0.1) is 24.7 Å². The lowest BCUT2D eigenvalue weighted by atomic mass is 10.1. The molecule has 176 valence electrons. The fraction of sp³-hybridized carbons (Fsp3) is 0.407. The summed E-state index contributed by atoms with van der Waals surface area (Å²) in [5.74, 6) is -0.165. The number of ether oxygens (including phenoxy) is 3. The fourth-order valence-corrected chi connectivity index (χ4v) is 3.67. The van der Waals surface area contributed by atoms with Crippen molar-refractivity contribution in [2.75, 3.05) is 13.7 Å². The standard InChI is InChI=1S/C27H32O6/c1-3-4-5-6-7-8-9-13-18-31-21-16-17-22-23(19-21)32-27(29)25(24(22)30-2)33-26(28)20-14-11-10-12-15-20/h10-12,14-17,19H,3-9,13,18H2,1-2H3. The zero-order chi connectivity index (χ0) is 23.5. The van der Waals surface area contributed by atoms with Gasteiger partial charge in [0.15, 0.2) is 5.75 Å². The minimum atomic E-state index is -0.788. The molecule has 0 N–H and O–H groups in total. The summed E-state index contributed by atoms with van der Waals surface area (Å²) in [5, 5.41) is 0.521. The summed E-state index contributed by atoms with van der Waals surface area (Å²) in [6.45, 7) is 2.83. The first-order chi connectivity index (χ1) is 16.1. The lowest BCUT2D eigenvalue weighted by Gasteiger charge is -2.12. The van der Waals surface area contributed by atoms with E-state index < -0.39 is 11.6 Å². The predicted octanol–water partition coefficient (Wildman–Crippen LogP) is 6.54. The molecule has 33 heavy (non-hydrogen) atoms. The Balaban J connectivity index is 1.62. The summed E-state index contributed by atoms with van der Waals surface area (Å²) in [4.78, 5) is 25.0. The van der Waals surface area contributed by atoms with Crippen molar-refractivity contribution in [1.29, 1.82) is 0 Å². The van der Waals surface area contributed by atoms with E-state index in [4.69, 9.17) is 18.6 Å². The lowest BCUT2D eigenvalue weighted by molar-refractivity contribution is 0.0723. The highest BCUT2D eigenvalue weighted by Gasteiger charge is 2.21. The van der Waals surface area contributed by atoms with Crippen molar-refractivity contribution in [1.82, 2.24) is 0 Å². The molecule has 0 bridgehead atoms. The summed E-state index contributed by atoms with van der Waals surface area (Å²) in [5.41, 5.74) is -0.155. The Kier molecular flexibility index (Phi) is 9.36. The van der Waals surface area contributed by atoms with Crippen LogP contribution >= 0.6 is 0 Å². The maximum atomic E-state index is 12.6. The number of benzene rings is 2. The van der Waals surface area contributed by atoms with E-state index in [-0.39, 0.29) is 11.5 Å². The largest absolute Gasteiger partial charge is 0.493 e. The van der Waals surface area contributed by atoms with Crippen LogP contribution in [0.5, 0.6) is 17.2 Å². The molecular formula is C27H32O6. The van der Waals surface area contributed by atoms with E-state index in [0.29, 0.717) is 28.9 Å². The second kappa shape index (κ2) is 12.7. The predicted molar refractivity (Wildman–Crippen MR) is 129 cm³/mol. The minimum absolute atomic E-state index is 0.153. The minimum Gasteiger partial charge on any atom is -0.493 e. The average Bonchev–Trinajstić information content (AvgIpc) is 2.84. The molecule has 0 atom stereocenters. The zero-order valence-electron chi connectivity index (χ0n) is 19.4. The fourth-order valence-electron chi connectivity index (χ4n) is 3.67. The number of fused-ring (bicyclic) bond motifs is 1. The van der Waals surface area contributed by atoms with Crippen molar-refractivity contribution in [2.45, 2.75) is 58.3 Å². The van der Waals surface area contributed by atoms with E-state index in [1.807, 2.05) is 0 Å². The van der Waals surface area contributed by atoms with Gasteiger partial charge in [0, 0.05) is 6.07 Å². The Morgan fingerprint density at radius 3 is 2.27 bits per heavy atom. The van der Waals surface area contributed by atoms with Crippen molar-refractivity contribution < 1.29 is 23.4 Å². The van der Waals surface area contributed by atoms with Gasteiger partial charge in [-0.05, 0) is 30.7 Å². The third kappa shape index (κ3) is 6.85. The van der Waals surface area contributed by atoms with Crippen LogP contribution in [-0.4, -0.2) is 19.7 Å². The first-order valence-electron chi connectivity index (χ1n) is 11.7. The molecule has 0 aliphatic heterocycles. The Hall–Kier alpha value is -3.28. The highest BCUT2D eigenvalue weighted by molar-refractivity contribution is 5.93. The monoisotopic (exact) mass is 452 g/mol. The maximum absolute atomic E-state index is 12.6. The molecule has 0 fully saturated rings. The SMILES string of the molecule is CCCCCCCCCCOc1ccc2c(OC)c(OC(=O)c3ccccc3)c(=O)oc2c1. The molecule has 0 spiro atoms. The lowest BCUT2D eigenvalue weighted by Crippen LogP contribution is -2.15. The topological polar surface area (TPSA) is 75.0 Å². The first-order valence-corrected chi connectivity index (χ1v) is 11.7. The molecule has 2 aromatic carbocycles. The van der Waals surface area contributed by atoms with Gasteiger partial charge >= 0.3 is 11.6 Å². The Labute approximate surface area is 194 Å². The van der Waals surface area contributed by atoms with E-state index in [0.717, 1.165) is 12.8 Å². The molecule has 0 aliphatic carbocycles. The molecule has 3 rings (SSSR count). The van der Waals surface area contributed by atoms with Crippen LogP contribution in [-0.2, 0) is 0 Å². The molecule has 0 unspecified atom stereocenters. The van der Waals surface area contributed by atoms with Crippen LogP contribution in [0.3, 0.4) is 0 Å². The van der Waals surface area contributed by atoms with Crippen LogP contribution in [0.15, 0.2) is 57.7 Å². The molecule has 0 amide bonds. The van der Waals surface area contributed by atoms with E-state index >= 15 is 0 Å². The van der Waals surface area contributed by atoms with E-state index in [1.165, 1.54) is 45.6 Å². The number of carbonyl (C=O) groups excluding carboxylic acids is 1. The van der Waals surface area contributed by atoms with Crippen molar-refractivity contribution in [3.63, 3.8) is 0 Å². The van der Waals surface area contributed by atoms with Crippen LogP contribution < -0.4 is 19.8 Å². The number of rotatable bonds is 13. The van der Waals surface area contributed by atoms with Crippen molar-refractivity contribution in [3.05, 3.63) is 64.5 Å². The Bertz CT molecular complexity index is 1090. The normalized spacial score (nSPS) is 10.8. The number of unbranched alkanes of at least 4 members (excludes halogenated alkanes) is 7. The number of methoxy groups -OCH3 is 1. The average molecular weight is 453 g/mol. The van der Waals surface area contributed by atoms with Gasteiger partial charge in [-0.3, -0.25) is 0 Å². The van der Waals surface area contributed by atoms with Gasteiger partial charge in [0.1, 0.15) is 11.3 Å². The van der Waals surface area contributed by atoms with Gasteiger partial charge in [-0.2, -0.15) is 0 Å². The van der Waals surface area contributed by atoms with Crippen LogP contribution in [0.25, 0.3) is 11.0 Å². The van der Waals surface area contributed by atoms with Crippen LogP contribution in [0.2, 0.25) is 0 Å². The van der Waals surface area contributed by atoms with Gasteiger partial charge in [0.25, 0.3) is 5.75 Å². The summed E-state index contributed by atoms with van der Waals surface area (Å²) in [7, 11) is 1.42. The molecule has 6 heteroatoms. The van der Waals surface area contributed by atoms with E-state index in [1.54, 1.807) is 48.5 Å². The number of hydrogen-bond acceptors (Lipinski definition) is 6. The maximum Gasteiger partial charge on any atom is 0.383 e. The quantitative estimate of drug-likeness (QED) is 0.166. The van der Waals surface area contributed by atoms with Gasteiger partial charge in [-0.15, -0.1) is 0 Å². The molecule has 0 aliphatic rings. The zero-order valence-corrected chi connectivity index (χ0v) is 19.4. The number of esters is 1. The van der Waals surface area contributed by atoms with Gasteiger partial charge in [-0.1, -0.05) is 70.1 Å².